The summed E-state index contributed by atoms with van der Waals surface area (Å²) >= 11 is 0. The molecule has 0 amide bonds. The van der Waals surface area contributed by atoms with Crippen LogP contribution >= 0.6 is 0 Å². The highest BCUT2D eigenvalue weighted by atomic mass is 16.2. The number of nitrogens with zero attached hydrogens (tertiary/aromatic N) is 4. The van der Waals surface area contributed by atoms with E-state index in [1.165, 1.54) is 0 Å². The molecular formula is C34H23BN4O. The third kappa shape index (κ3) is 3.40. The van der Waals surface area contributed by atoms with Crippen LogP contribution in [0.3, 0.4) is 0 Å². The molecule has 0 spiro atoms. The van der Waals surface area contributed by atoms with Crippen molar-refractivity contribution in [3.8, 4) is 11.6 Å². The van der Waals surface area contributed by atoms with Gasteiger partial charge in [0, 0.05) is 33.9 Å². The smallest absolute Gasteiger partial charge is 0.359 e. The maximum Gasteiger partial charge on any atom is 0.359 e. The van der Waals surface area contributed by atoms with Gasteiger partial charge in [-0.15, -0.1) is 0 Å². The summed E-state index contributed by atoms with van der Waals surface area (Å²) in [5.41, 5.74) is 5.85. The number of hydrogen-bond donors (Lipinski definition) is 1. The topological polar surface area (TPSA) is 55.9 Å². The largest absolute Gasteiger partial charge is 0.443 e. The van der Waals surface area contributed by atoms with E-state index in [-0.39, 0.29) is 0 Å². The molecule has 0 radical (unpaired) electrons. The third-order valence-electron chi connectivity index (χ3n) is 7.78. The van der Waals surface area contributed by atoms with Crippen molar-refractivity contribution in [2.75, 3.05) is 0 Å². The maximum absolute atomic E-state index is 11.7. The highest BCUT2D eigenvalue weighted by Gasteiger charge is 2.22. The molecule has 4 aromatic heterocycles. The van der Waals surface area contributed by atoms with Crippen LogP contribution in [0.4, 0.5) is 0 Å². The van der Waals surface area contributed by atoms with E-state index in [0.29, 0.717) is 0 Å². The highest BCUT2D eigenvalue weighted by Crippen LogP contribution is 2.32. The first-order valence-corrected chi connectivity index (χ1v) is 13.3. The normalized spacial score (nSPS) is 11.6. The van der Waals surface area contributed by atoms with Crippen LogP contribution in [0.2, 0.25) is 0 Å². The van der Waals surface area contributed by atoms with Gasteiger partial charge in [0.25, 0.3) is 0 Å². The Morgan fingerprint density at radius 2 is 0.875 bits per heavy atom. The van der Waals surface area contributed by atoms with E-state index in [1.807, 2.05) is 73.1 Å². The number of hydrogen-bond acceptors (Lipinski definition) is 3. The van der Waals surface area contributed by atoms with Gasteiger partial charge >= 0.3 is 6.92 Å². The molecule has 40 heavy (non-hydrogen) atoms. The Morgan fingerprint density at radius 3 is 1.32 bits per heavy atom. The molecule has 0 aliphatic rings. The first-order valence-electron chi connectivity index (χ1n) is 13.3. The molecule has 0 bridgehead atoms. The molecule has 0 unspecified atom stereocenters. The summed E-state index contributed by atoms with van der Waals surface area (Å²) in [6, 6.07) is 41.0. The lowest BCUT2D eigenvalue weighted by Gasteiger charge is -2.11. The van der Waals surface area contributed by atoms with Gasteiger partial charge in [0.1, 0.15) is 11.6 Å². The number of pyridine rings is 2. The van der Waals surface area contributed by atoms with E-state index in [9.17, 15) is 5.02 Å². The molecule has 8 aromatic rings. The molecule has 4 heterocycles. The first kappa shape index (κ1) is 22.8. The Morgan fingerprint density at radius 1 is 0.450 bits per heavy atom. The van der Waals surface area contributed by atoms with Crippen molar-refractivity contribution in [3.05, 3.63) is 134 Å². The number of benzene rings is 4. The fourth-order valence-corrected chi connectivity index (χ4v) is 5.97. The minimum absolute atomic E-state index is 0.806. The van der Waals surface area contributed by atoms with Crippen molar-refractivity contribution in [2.45, 2.75) is 0 Å². The van der Waals surface area contributed by atoms with Gasteiger partial charge in [0.05, 0.1) is 22.1 Å². The summed E-state index contributed by atoms with van der Waals surface area (Å²) in [6.45, 7) is -0.806. The van der Waals surface area contributed by atoms with Gasteiger partial charge < -0.3 is 5.02 Å². The van der Waals surface area contributed by atoms with Crippen LogP contribution in [0.5, 0.6) is 0 Å². The standard InChI is InChI=1S/C34H23BN4O/c40-35(23-15-17-27-25-9-1-3-11-29(25)38(31(27)21-23)33-13-5-7-19-36-33)24-16-18-28-26-10-2-4-12-30(26)39(32(28)22-24)34-14-6-8-20-37-34/h1-22,40H. The van der Waals surface area contributed by atoms with E-state index in [2.05, 4.69) is 79.8 Å². The summed E-state index contributed by atoms with van der Waals surface area (Å²) in [5, 5.41) is 16.3. The van der Waals surface area contributed by atoms with Gasteiger partial charge in [0.2, 0.25) is 0 Å². The molecule has 1 N–H and O–H groups in total. The Bertz CT molecular complexity index is 2030. The van der Waals surface area contributed by atoms with Crippen molar-refractivity contribution < 1.29 is 5.02 Å². The van der Waals surface area contributed by atoms with E-state index in [0.717, 1.165) is 66.2 Å². The third-order valence-corrected chi connectivity index (χ3v) is 7.78. The molecule has 0 fully saturated rings. The van der Waals surface area contributed by atoms with E-state index in [4.69, 9.17) is 0 Å². The molecule has 0 atom stereocenters. The molecule has 8 rings (SSSR count). The predicted octanol–water partition coefficient (Wildman–Crippen LogP) is 5.77. The van der Waals surface area contributed by atoms with Gasteiger partial charge in [-0.2, -0.15) is 0 Å². The number of rotatable bonds is 4. The number of fused-ring (bicyclic) bond motifs is 6. The van der Waals surface area contributed by atoms with Gasteiger partial charge in [-0.25, -0.2) is 9.97 Å². The van der Waals surface area contributed by atoms with Crippen molar-refractivity contribution in [2.24, 2.45) is 0 Å². The molecule has 0 aliphatic carbocycles. The van der Waals surface area contributed by atoms with Crippen LogP contribution in [0.15, 0.2) is 134 Å². The predicted molar refractivity (Wildman–Crippen MR) is 164 cm³/mol. The fraction of sp³-hybridized carbons (Fsp3) is 0. The summed E-state index contributed by atoms with van der Waals surface area (Å²) in [7, 11) is 0. The zero-order valence-electron chi connectivity index (χ0n) is 21.5. The second-order valence-electron chi connectivity index (χ2n) is 10.0. The van der Waals surface area contributed by atoms with Gasteiger partial charge in [-0.1, -0.05) is 72.8 Å². The van der Waals surface area contributed by atoms with Crippen molar-refractivity contribution >= 4 is 61.5 Å². The lowest BCUT2D eigenvalue weighted by atomic mass is 9.56. The summed E-state index contributed by atoms with van der Waals surface area (Å²) < 4.78 is 4.34. The molecule has 4 aromatic carbocycles. The Kier molecular flexibility index (Phi) is 5.08. The van der Waals surface area contributed by atoms with E-state index in [1.54, 1.807) is 0 Å². The maximum atomic E-state index is 11.7. The summed E-state index contributed by atoms with van der Waals surface area (Å²) in [4.78, 5) is 9.28. The van der Waals surface area contributed by atoms with Crippen molar-refractivity contribution in [1.29, 1.82) is 0 Å². The molecule has 188 valence electrons. The highest BCUT2D eigenvalue weighted by molar-refractivity contribution is 6.79. The average molecular weight is 514 g/mol. The molecular weight excluding hydrogens is 491 g/mol. The van der Waals surface area contributed by atoms with E-state index >= 15 is 0 Å². The van der Waals surface area contributed by atoms with Gasteiger partial charge in [-0.05, 0) is 59.5 Å². The fourth-order valence-electron chi connectivity index (χ4n) is 5.97. The van der Waals surface area contributed by atoms with Crippen LogP contribution in [-0.2, 0) is 0 Å². The number of aromatic nitrogens is 4. The van der Waals surface area contributed by atoms with Crippen LogP contribution in [0.25, 0.3) is 55.2 Å². The minimum Gasteiger partial charge on any atom is -0.443 e. The van der Waals surface area contributed by atoms with Crippen LogP contribution in [0, 0.1) is 0 Å². The first-order chi connectivity index (χ1) is 19.8. The van der Waals surface area contributed by atoms with Crippen molar-refractivity contribution in [1.82, 2.24) is 19.1 Å². The van der Waals surface area contributed by atoms with Crippen LogP contribution in [-0.4, -0.2) is 31.0 Å². The lowest BCUT2D eigenvalue weighted by molar-refractivity contribution is 0.600. The monoisotopic (exact) mass is 514 g/mol. The SMILES string of the molecule is OB(c1ccc2c3ccccc3n(-c3ccccn3)c2c1)c1ccc2c3ccccc3n(-c3ccccn3)c2c1. The average Bonchev–Trinajstić information content (AvgIpc) is 3.53. The zero-order valence-corrected chi connectivity index (χ0v) is 21.5. The van der Waals surface area contributed by atoms with Gasteiger partial charge in [0.15, 0.2) is 0 Å². The van der Waals surface area contributed by atoms with E-state index < -0.39 is 6.92 Å². The second kappa shape index (κ2) is 8.94. The number of para-hydroxylation sites is 2. The molecule has 5 nitrogen and oxygen atoms in total. The summed E-state index contributed by atoms with van der Waals surface area (Å²) in [6.07, 6.45) is 3.62. The molecule has 0 saturated heterocycles. The quantitative estimate of drug-likeness (QED) is 0.304. The molecule has 6 heteroatoms. The van der Waals surface area contributed by atoms with Crippen LogP contribution in [0.1, 0.15) is 0 Å². The van der Waals surface area contributed by atoms with Gasteiger partial charge in [-0.3, -0.25) is 9.13 Å². The lowest BCUT2D eigenvalue weighted by Crippen LogP contribution is -2.42. The molecule has 0 saturated carbocycles. The Hall–Kier alpha value is -5.20. The second-order valence-corrected chi connectivity index (χ2v) is 10.0. The minimum atomic E-state index is -0.806. The van der Waals surface area contributed by atoms with Crippen LogP contribution < -0.4 is 10.9 Å². The summed E-state index contributed by atoms with van der Waals surface area (Å²) in [5.74, 6) is 1.70. The Labute approximate surface area is 230 Å². The van der Waals surface area contributed by atoms with Crippen molar-refractivity contribution in [3.63, 3.8) is 0 Å². The molecule has 0 aliphatic heterocycles. The Balaban J connectivity index is 1.32. The zero-order chi connectivity index (χ0) is 26.6.